The SMILES string of the molecule is CN(CCCCCCNC1CC(C)(C)N(C)C(C)(C)C1)C1CC(C)(C)N(C)C(C)(C)C1. The van der Waals surface area contributed by atoms with Crippen LogP contribution in [0.1, 0.15) is 107 Å². The number of nitrogens with one attached hydrogen (secondary N) is 1. The second kappa shape index (κ2) is 9.99. The average Bonchev–Trinajstić information content (AvgIpc) is 2.62. The molecule has 31 heavy (non-hydrogen) atoms. The average molecular weight is 437 g/mol. The lowest BCUT2D eigenvalue weighted by molar-refractivity contribution is -0.0426. The molecular formula is C27H56N4. The van der Waals surface area contributed by atoms with Crippen molar-refractivity contribution in [1.82, 2.24) is 20.0 Å². The van der Waals surface area contributed by atoms with E-state index in [1.807, 2.05) is 0 Å². The number of nitrogens with zero attached hydrogens (tertiary/aromatic N) is 3. The van der Waals surface area contributed by atoms with Crippen LogP contribution in [0.4, 0.5) is 0 Å². The smallest absolute Gasteiger partial charge is 0.0170 e. The summed E-state index contributed by atoms with van der Waals surface area (Å²) >= 11 is 0. The third kappa shape index (κ3) is 6.91. The summed E-state index contributed by atoms with van der Waals surface area (Å²) in [4.78, 5) is 7.81. The summed E-state index contributed by atoms with van der Waals surface area (Å²) in [5, 5.41) is 3.89. The van der Waals surface area contributed by atoms with Gasteiger partial charge in [-0.15, -0.1) is 0 Å². The molecule has 2 heterocycles. The van der Waals surface area contributed by atoms with Crippen LogP contribution in [0, 0.1) is 0 Å². The number of hydrogen-bond donors (Lipinski definition) is 1. The second-order valence-corrected chi connectivity index (χ2v) is 13.4. The Labute approximate surface area is 195 Å². The van der Waals surface area contributed by atoms with E-state index >= 15 is 0 Å². The highest BCUT2D eigenvalue weighted by Crippen LogP contribution is 2.39. The van der Waals surface area contributed by atoms with E-state index in [4.69, 9.17) is 0 Å². The van der Waals surface area contributed by atoms with Crippen LogP contribution in [0.25, 0.3) is 0 Å². The molecule has 0 saturated carbocycles. The molecule has 2 aliphatic rings. The van der Waals surface area contributed by atoms with E-state index in [1.165, 1.54) is 64.5 Å². The Morgan fingerprint density at radius 3 is 1.58 bits per heavy atom. The quantitative estimate of drug-likeness (QED) is 0.490. The van der Waals surface area contributed by atoms with Gasteiger partial charge in [0.05, 0.1) is 0 Å². The highest BCUT2D eigenvalue weighted by Gasteiger charge is 2.44. The van der Waals surface area contributed by atoms with Crippen LogP contribution in [0.15, 0.2) is 0 Å². The first-order chi connectivity index (χ1) is 14.1. The standard InChI is InChI=1S/C27H56N4/c1-24(2)18-22(19-25(3,4)30(24)10)28-16-14-12-13-15-17-29(9)23-20-26(5,6)31(11)27(7,8)21-23/h22-23,28H,12-21H2,1-11H3. The molecule has 0 aromatic carbocycles. The van der Waals surface area contributed by atoms with Crippen LogP contribution in [0.5, 0.6) is 0 Å². The topological polar surface area (TPSA) is 21.8 Å². The molecule has 0 aromatic rings. The monoisotopic (exact) mass is 436 g/mol. The summed E-state index contributed by atoms with van der Waals surface area (Å²) < 4.78 is 0. The van der Waals surface area contributed by atoms with Gasteiger partial charge in [0.15, 0.2) is 0 Å². The molecule has 0 aromatic heterocycles. The molecule has 0 unspecified atom stereocenters. The van der Waals surface area contributed by atoms with E-state index in [9.17, 15) is 0 Å². The number of piperidine rings is 2. The third-order valence-electron chi connectivity index (χ3n) is 9.09. The summed E-state index contributed by atoms with van der Waals surface area (Å²) in [5.74, 6) is 0. The van der Waals surface area contributed by atoms with Crippen LogP contribution in [0.3, 0.4) is 0 Å². The van der Waals surface area contributed by atoms with Gasteiger partial charge in [-0.2, -0.15) is 0 Å². The number of rotatable bonds is 9. The lowest BCUT2D eigenvalue weighted by Crippen LogP contribution is -2.62. The van der Waals surface area contributed by atoms with Gasteiger partial charge in [-0.05, 0) is 128 Å². The molecule has 2 fully saturated rings. The molecule has 0 bridgehead atoms. The maximum atomic E-state index is 3.89. The normalized spacial score (nSPS) is 27.1. The largest absolute Gasteiger partial charge is 0.314 e. The summed E-state index contributed by atoms with van der Waals surface area (Å²) in [6, 6.07) is 1.36. The van der Waals surface area contributed by atoms with E-state index in [-0.39, 0.29) is 22.2 Å². The van der Waals surface area contributed by atoms with Gasteiger partial charge in [-0.1, -0.05) is 12.8 Å². The van der Waals surface area contributed by atoms with Crippen molar-refractivity contribution in [2.45, 2.75) is 141 Å². The van der Waals surface area contributed by atoms with Crippen molar-refractivity contribution in [1.29, 1.82) is 0 Å². The summed E-state index contributed by atoms with van der Waals surface area (Å²) in [6.07, 6.45) is 10.4. The highest BCUT2D eigenvalue weighted by atomic mass is 15.3. The molecule has 1 N–H and O–H groups in total. The molecule has 0 radical (unpaired) electrons. The predicted molar refractivity (Wildman–Crippen MR) is 137 cm³/mol. The zero-order chi connectivity index (χ0) is 23.7. The third-order valence-corrected chi connectivity index (χ3v) is 9.09. The van der Waals surface area contributed by atoms with Gasteiger partial charge in [0.1, 0.15) is 0 Å². The number of hydrogen-bond acceptors (Lipinski definition) is 4. The Bertz CT molecular complexity index is 530. The molecule has 2 saturated heterocycles. The van der Waals surface area contributed by atoms with Crippen molar-refractivity contribution in [2.75, 3.05) is 34.2 Å². The Hall–Kier alpha value is -0.160. The summed E-state index contributed by atoms with van der Waals surface area (Å²) in [6.45, 7) is 21.6. The van der Waals surface area contributed by atoms with Crippen LogP contribution in [-0.2, 0) is 0 Å². The van der Waals surface area contributed by atoms with Crippen molar-refractivity contribution >= 4 is 0 Å². The number of unbranched alkanes of at least 4 members (excludes halogenated alkanes) is 3. The van der Waals surface area contributed by atoms with Gasteiger partial charge in [-0.3, -0.25) is 9.80 Å². The van der Waals surface area contributed by atoms with Crippen LogP contribution in [-0.4, -0.2) is 83.2 Å². The van der Waals surface area contributed by atoms with Crippen molar-refractivity contribution in [3.05, 3.63) is 0 Å². The van der Waals surface area contributed by atoms with Crippen LogP contribution in [0.2, 0.25) is 0 Å². The van der Waals surface area contributed by atoms with Gasteiger partial charge in [0.2, 0.25) is 0 Å². The minimum Gasteiger partial charge on any atom is -0.314 e. The van der Waals surface area contributed by atoms with Gasteiger partial charge >= 0.3 is 0 Å². The summed E-state index contributed by atoms with van der Waals surface area (Å²) in [5.41, 5.74) is 1.12. The van der Waals surface area contributed by atoms with Crippen molar-refractivity contribution in [2.24, 2.45) is 0 Å². The van der Waals surface area contributed by atoms with Gasteiger partial charge < -0.3 is 10.2 Å². The van der Waals surface area contributed by atoms with Gasteiger partial charge in [-0.25, -0.2) is 0 Å². The Morgan fingerprint density at radius 2 is 1.10 bits per heavy atom. The molecule has 0 aliphatic carbocycles. The number of likely N-dealkylation sites (tertiary alicyclic amines) is 2. The molecular weight excluding hydrogens is 380 g/mol. The zero-order valence-electron chi connectivity index (χ0n) is 23.1. The van der Waals surface area contributed by atoms with E-state index in [1.54, 1.807) is 0 Å². The first kappa shape index (κ1) is 27.1. The Kier molecular flexibility index (Phi) is 8.73. The first-order valence-corrected chi connectivity index (χ1v) is 13.0. The Morgan fingerprint density at radius 1 is 0.677 bits per heavy atom. The van der Waals surface area contributed by atoms with Gasteiger partial charge in [0.25, 0.3) is 0 Å². The molecule has 0 amide bonds. The molecule has 184 valence electrons. The molecule has 2 rings (SSSR count). The fraction of sp³-hybridized carbons (Fsp3) is 1.00. The molecule has 4 heteroatoms. The fourth-order valence-electron chi connectivity index (χ4n) is 6.47. The maximum Gasteiger partial charge on any atom is 0.0170 e. The lowest BCUT2D eigenvalue weighted by Gasteiger charge is -2.55. The summed E-state index contributed by atoms with van der Waals surface area (Å²) in [7, 11) is 6.95. The van der Waals surface area contributed by atoms with E-state index in [0.29, 0.717) is 12.1 Å². The van der Waals surface area contributed by atoms with Crippen molar-refractivity contribution in [3.63, 3.8) is 0 Å². The lowest BCUT2D eigenvalue weighted by atomic mass is 9.77. The van der Waals surface area contributed by atoms with E-state index < -0.39 is 0 Å². The van der Waals surface area contributed by atoms with Crippen LogP contribution < -0.4 is 5.32 Å². The van der Waals surface area contributed by atoms with Gasteiger partial charge in [0, 0.05) is 34.2 Å². The minimum absolute atomic E-state index is 0.279. The van der Waals surface area contributed by atoms with Crippen molar-refractivity contribution < 1.29 is 0 Å². The predicted octanol–water partition coefficient (Wildman–Crippen LogP) is 5.37. The second-order valence-electron chi connectivity index (χ2n) is 13.4. The molecule has 0 atom stereocenters. The highest BCUT2D eigenvalue weighted by molar-refractivity contribution is 5.01. The Balaban J connectivity index is 1.63. The first-order valence-electron chi connectivity index (χ1n) is 13.0. The molecule has 0 spiro atoms. The fourth-order valence-corrected chi connectivity index (χ4v) is 6.47. The molecule has 4 nitrogen and oxygen atoms in total. The van der Waals surface area contributed by atoms with E-state index in [0.717, 1.165) is 0 Å². The minimum atomic E-state index is 0.279. The molecule has 2 aliphatic heterocycles. The van der Waals surface area contributed by atoms with Crippen molar-refractivity contribution in [3.8, 4) is 0 Å². The maximum absolute atomic E-state index is 3.89. The van der Waals surface area contributed by atoms with Crippen LogP contribution >= 0.6 is 0 Å². The van der Waals surface area contributed by atoms with E-state index in [2.05, 4.69) is 96.5 Å². The zero-order valence-corrected chi connectivity index (χ0v) is 23.1.